The number of hydrogen-bond acceptors (Lipinski definition) is 2. The van der Waals surface area contributed by atoms with Crippen LogP contribution in [-0.2, 0) is 9.59 Å². The summed E-state index contributed by atoms with van der Waals surface area (Å²) in [7, 11) is 0. The molecule has 112 valence electrons. The smallest absolute Gasteiger partial charge is 0.311 e. The molecule has 4 heteroatoms. The number of carboxylic acid groups (broad SMARTS) is 1. The van der Waals surface area contributed by atoms with Gasteiger partial charge in [-0.05, 0) is 44.4 Å². The fourth-order valence-electron chi connectivity index (χ4n) is 2.65. The second kappa shape index (κ2) is 7.94. The van der Waals surface area contributed by atoms with Gasteiger partial charge in [0.15, 0.2) is 0 Å². The van der Waals surface area contributed by atoms with Gasteiger partial charge >= 0.3 is 5.97 Å². The molecular formula is C16H25NO3. The Morgan fingerprint density at radius 3 is 2.55 bits per heavy atom. The largest absolute Gasteiger partial charge is 0.481 e. The molecule has 0 aromatic carbocycles. The average molecular weight is 279 g/mol. The average Bonchev–Trinajstić information content (AvgIpc) is 2.43. The summed E-state index contributed by atoms with van der Waals surface area (Å²) >= 11 is 0. The van der Waals surface area contributed by atoms with Crippen molar-refractivity contribution in [1.29, 1.82) is 0 Å². The quantitative estimate of drug-likeness (QED) is 0.556. The third-order valence-corrected chi connectivity index (χ3v) is 4.28. The molecule has 4 nitrogen and oxygen atoms in total. The molecule has 1 aliphatic carbocycles. The topological polar surface area (TPSA) is 66.4 Å². The zero-order chi connectivity index (χ0) is 15.0. The Kier molecular flexibility index (Phi) is 6.57. The Morgan fingerprint density at radius 2 is 2.00 bits per heavy atom. The Bertz CT molecular complexity index is 376. The second-order valence-electron chi connectivity index (χ2n) is 5.96. The van der Waals surface area contributed by atoms with Crippen LogP contribution in [-0.4, -0.2) is 23.5 Å². The summed E-state index contributed by atoms with van der Waals surface area (Å²) in [5.41, 5.74) is -0.763. The van der Waals surface area contributed by atoms with E-state index in [2.05, 4.69) is 18.2 Å². The van der Waals surface area contributed by atoms with E-state index in [4.69, 9.17) is 6.42 Å². The number of carbonyl (C=O) groups excluding carboxylic acids is 1. The lowest BCUT2D eigenvalue weighted by Crippen LogP contribution is -2.45. The molecular weight excluding hydrogens is 254 g/mol. The lowest BCUT2D eigenvalue weighted by atomic mass is 9.71. The Hall–Kier alpha value is -1.50. The Morgan fingerprint density at radius 1 is 1.35 bits per heavy atom. The van der Waals surface area contributed by atoms with Crippen LogP contribution in [0, 0.1) is 23.7 Å². The molecule has 0 saturated heterocycles. The zero-order valence-corrected chi connectivity index (χ0v) is 12.3. The van der Waals surface area contributed by atoms with Gasteiger partial charge in [-0.15, -0.1) is 12.3 Å². The van der Waals surface area contributed by atoms with Gasteiger partial charge in [0.25, 0.3) is 0 Å². The van der Waals surface area contributed by atoms with E-state index in [0.717, 1.165) is 25.7 Å². The summed E-state index contributed by atoms with van der Waals surface area (Å²) in [6, 6.07) is 0. The molecule has 20 heavy (non-hydrogen) atoms. The van der Waals surface area contributed by atoms with Crippen molar-refractivity contribution in [3.63, 3.8) is 0 Å². The normalized spacial score (nSPS) is 25.7. The van der Waals surface area contributed by atoms with Gasteiger partial charge in [0.1, 0.15) is 0 Å². The van der Waals surface area contributed by atoms with E-state index in [1.54, 1.807) is 0 Å². The van der Waals surface area contributed by atoms with Gasteiger partial charge in [-0.1, -0.05) is 6.92 Å². The summed E-state index contributed by atoms with van der Waals surface area (Å²) < 4.78 is 0. The number of amides is 1. The summed E-state index contributed by atoms with van der Waals surface area (Å²) in [6.45, 7) is 2.40. The first-order valence-electron chi connectivity index (χ1n) is 7.44. The molecule has 0 atom stereocenters. The minimum absolute atomic E-state index is 0.0683. The van der Waals surface area contributed by atoms with Gasteiger partial charge in [-0.2, -0.15) is 0 Å². The lowest BCUT2D eigenvalue weighted by molar-refractivity contribution is -0.151. The predicted molar refractivity (Wildman–Crippen MR) is 78.0 cm³/mol. The third-order valence-electron chi connectivity index (χ3n) is 4.28. The van der Waals surface area contributed by atoms with Crippen LogP contribution >= 0.6 is 0 Å². The van der Waals surface area contributed by atoms with Gasteiger partial charge in [0.2, 0.25) is 5.91 Å². The number of hydrogen-bond donors (Lipinski definition) is 2. The van der Waals surface area contributed by atoms with Crippen LogP contribution in [0.2, 0.25) is 0 Å². The molecule has 1 fully saturated rings. The molecule has 1 amide bonds. The molecule has 0 aromatic heterocycles. The maximum absolute atomic E-state index is 11.7. The highest BCUT2D eigenvalue weighted by molar-refractivity contribution is 5.79. The molecule has 0 aromatic rings. The standard InChI is InChI=1S/C16H25NO3/c1-3-4-5-6-7-14(18)17-12-16(15(19)20)10-8-13(2)9-11-16/h1,13H,4-12H2,2H3,(H,17,18)(H,19,20). The van der Waals surface area contributed by atoms with Crippen LogP contribution in [0.15, 0.2) is 0 Å². The number of carboxylic acids is 1. The highest BCUT2D eigenvalue weighted by Gasteiger charge is 2.41. The van der Waals surface area contributed by atoms with E-state index in [1.165, 1.54) is 0 Å². The van der Waals surface area contributed by atoms with E-state index in [0.29, 0.717) is 31.6 Å². The number of terminal acetylenes is 1. The monoisotopic (exact) mass is 279 g/mol. The van der Waals surface area contributed by atoms with E-state index in [-0.39, 0.29) is 12.5 Å². The first kappa shape index (κ1) is 16.6. The van der Waals surface area contributed by atoms with E-state index >= 15 is 0 Å². The SMILES string of the molecule is C#CCCCCC(=O)NCC1(C(=O)O)CCC(C)CC1. The van der Waals surface area contributed by atoms with Crippen LogP contribution in [0.3, 0.4) is 0 Å². The van der Waals surface area contributed by atoms with E-state index in [1.807, 2.05) is 0 Å². The van der Waals surface area contributed by atoms with Crippen molar-refractivity contribution < 1.29 is 14.7 Å². The molecule has 0 aliphatic heterocycles. The Balaban J connectivity index is 2.38. The minimum Gasteiger partial charge on any atom is -0.481 e. The van der Waals surface area contributed by atoms with Crippen LogP contribution < -0.4 is 5.32 Å². The van der Waals surface area contributed by atoms with Crippen molar-refractivity contribution in [3.05, 3.63) is 0 Å². The van der Waals surface area contributed by atoms with Gasteiger partial charge in [-0.3, -0.25) is 9.59 Å². The summed E-state index contributed by atoms with van der Waals surface area (Å²) in [5, 5.41) is 12.3. The van der Waals surface area contributed by atoms with Crippen LogP contribution in [0.4, 0.5) is 0 Å². The Labute approximate surface area is 121 Å². The lowest BCUT2D eigenvalue weighted by Gasteiger charge is -2.35. The highest BCUT2D eigenvalue weighted by atomic mass is 16.4. The number of unbranched alkanes of at least 4 members (excludes halogenated alkanes) is 2. The van der Waals surface area contributed by atoms with Gasteiger partial charge in [0, 0.05) is 19.4 Å². The zero-order valence-electron chi connectivity index (χ0n) is 12.3. The third kappa shape index (κ3) is 4.88. The fourth-order valence-corrected chi connectivity index (χ4v) is 2.65. The van der Waals surface area contributed by atoms with Crippen molar-refractivity contribution in [2.24, 2.45) is 11.3 Å². The summed E-state index contributed by atoms with van der Waals surface area (Å²) in [4.78, 5) is 23.2. The van der Waals surface area contributed by atoms with Crippen molar-refractivity contribution >= 4 is 11.9 Å². The predicted octanol–water partition coefficient (Wildman–Crippen LogP) is 2.58. The molecule has 1 saturated carbocycles. The van der Waals surface area contributed by atoms with Crippen molar-refractivity contribution in [2.75, 3.05) is 6.54 Å². The summed E-state index contributed by atoms with van der Waals surface area (Å²) in [5.74, 6) is 2.28. The first-order valence-corrected chi connectivity index (χ1v) is 7.44. The molecule has 0 radical (unpaired) electrons. The number of nitrogens with one attached hydrogen (secondary N) is 1. The highest BCUT2D eigenvalue weighted by Crippen LogP contribution is 2.38. The van der Waals surface area contributed by atoms with Gasteiger partial charge in [0.05, 0.1) is 5.41 Å². The number of rotatable bonds is 7. The van der Waals surface area contributed by atoms with Crippen molar-refractivity contribution in [1.82, 2.24) is 5.32 Å². The molecule has 1 rings (SSSR count). The van der Waals surface area contributed by atoms with Gasteiger partial charge in [-0.25, -0.2) is 0 Å². The summed E-state index contributed by atoms with van der Waals surface area (Å²) in [6.07, 6.45) is 11.0. The molecule has 0 spiro atoms. The molecule has 1 aliphatic rings. The second-order valence-corrected chi connectivity index (χ2v) is 5.96. The molecule has 0 unspecified atom stereocenters. The molecule has 2 N–H and O–H groups in total. The van der Waals surface area contributed by atoms with E-state index in [9.17, 15) is 14.7 Å². The molecule has 0 bridgehead atoms. The number of aliphatic carboxylic acids is 1. The number of carbonyl (C=O) groups is 2. The van der Waals surface area contributed by atoms with Crippen LogP contribution in [0.5, 0.6) is 0 Å². The maximum Gasteiger partial charge on any atom is 0.311 e. The van der Waals surface area contributed by atoms with E-state index < -0.39 is 11.4 Å². The van der Waals surface area contributed by atoms with Crippen molar-refractivity contribution in [3.8, 4) is 12.3 Å². The van der Waals surface area contributed by atoms with Crippen LogP contribution in [0.25, 0.3) is 0 Å². The fraction of sp³-hybridized carbons (Fsp3) is 0.750. The van der Waals surface area contributed by atoms with Crippen LogP contribution in [0.1, 0.15) is 58.3 Å². The first-order chi connectivity index (χ1) is 9.50. The maximum atomic E-state index is 11.7. The van der Waals surface area contributed by atoms with Gasteiger partial charge < -0.3 is 10.4 Å². The molecule has 0 heterocycles. The van der Waals surface area contributed by atoms with Crippen molar-refractivity contribution in [2.45, 2.75) is 58.3 Å². The minimum atomic E-state index is -0.781.